The molecule has 8 heteroatoms. The van der Waals surface area contributed by atoms with Gasteiger partial charge < -0.3 is 29.4 Å². The number of aromatic nitrogens is 1. The molecule has 0 spiro atoms. The number of amides is 1. The molecule has 2 atom stereocenters. The van der Waals surface area contributed by atoms with Crippen LogP contribution < -0.4 is 20.8 Å². The van der Waals surface area contributed by atoms with E-state index in [0.29, 0.717) is 28.7 Å². The van der Waals surface area contributed by atoms with Gasteiger partial charge in [-0.25, -0.2) is 4.79 Å². The van der Waals surface area contributed by atoms with E-state index in [4.69, 9.17) is 9.15 Å². The van der Waals surface area contributed by atoms with Gasteiger partial charge in [-0.2, -0.15) is 0 Å². The van der Waals surface area contributed by atoms with E-state index in [1.165, 1.54) is 0 Å². The zero-order valence-electron chi connectivity index (χ0n) is 19.5. The van der Waals surface area contributed by atoms with Gasteiger partial charge in [0.25, 0.3) is 5.91 Å². The van der Waals surface area contributed by atoms with Gasteiger partial charge in [0, 0.05) is 29.1 Å². The number of carboxylic acids is 1. The summed E-state index contributed by atoms with van der Waals surface area (Å²) in [7, 11) is 0. The molecular formula is C27H25N2O6-. The molecule has 0 saturated heterocycles. The number of fused-ring (bicyclic) bond motifs is 4. The minimum absolute atomic E-state index is 0.0663. The van der Waals surface area contributed by atoms with E-state index in [-0.39, 0.29) is 12.0 Å². The number of nitrogens with one attached hydrogen (secondary N) is 2. The van der Waals surface area contributed by atoms with Crippen molar-refractivity contribution in [1.82, 2.24) is 10.3 Å². The number of aliphatic carboxylic acids is 1. The van der Waals surface area contributed by atoms with Gasteiger partial charge in [0.2, 0.25) is 0 Å². The van der Waals surface area contributed by atoms with E-state index < -0.39 is 24.0 Å². The van der Waals surface area contributed by atoms with Crippen LogP contribution in [0.4, 0.5) is 0 Å². The van der Waals surface area contributed by atoms with Gasteiger partial charge >= 0.3 is 5.63 Å². The van der Waals surface area contributed by atoms with Crippen LogP contribution in [-0.4, -0.2) is 29.0 Å². The van der Waals surface area contributed by atoms with Gasteiger partial charge in [0.1, 0.15) is 11.3 Å². The lowest BCUT2D eigenvalue weighted by Gasteiger charge is -2.23. The Morgan fingerprint density at radius 3 is 2.77 bits per heavy atom. The zero-order valence-corrected chi connectivity index (χ0v) is 19.5. The molecule has 0 fully saturated rings. The molecule has 0 unspecified atom stereocenters. The van der Waals surface area contributed by atoms with Gasteiger partial charge in [-0.05, 0) is 68.0 Å². The molecule has 0 aliphatic heterocycles. The SMILES string of the molecule is Cc1cc(O[C@@H](C)C(=O)N[C@@H](Cc2c[nH]c3ccccc23)C(=O)[O-])c2c3c(c(=O)oc2c1)CCC3. The molecule has 5 rings (SSSR count). The van der Waals surface area contributed by atoms with Crippen LogP contribution in [0.25, 0.3) is 21.9 Å². The maximum Gasteiger partial charge on any atom is 0.339 e. The standard InChI is InChI=1S/C27H26N2O6/c1-14-10-22(24-18-7-5-8-19(18)27(33)35-23(24)11-14)34-15(2)25(30)29-21(26(31)32)12-16-13-28-20-9-4-3-6-17(16)20/h3-4,6,9-11,13,15,21,28H,5,7-8,12H2,1-2H3,(H,29,30)(H,31,32)/p-1/t15-,21-/m0/s1. The van der Waals surface area contributed by atoms with E-state index in [1.807, 2.05) is 31.2 Å². The van der Waals surface area contributed by atoms with E-state index >= 15 is 0 Å². The van der Waals surface area contributed by atoms with Crippen molar-refractivity contribution in [2.24, 2.45) is 0 Å². The predicted molar refractivity (Wildman–Crippen MR) is 128 cm³/mol. The molecule has 2 aromatic heterocycles. The highest BCUT2D eigenvalue weighted by Crippen LogP contribution is 2.35. The summed E-state index contributed by atoms with van der Waals surface area (Å²) in [6.07, 6.45) is 3.04. The number of ether oxygens (including phenoxy) is 1. The van der Waals surface area contributed by atoms with Gasteiger partial charge in [0.05, 0.1) is 17.4 Å². The summed E-state index contributed by atoms with van der Waals surface area (Å²) in [4.78, 5) is 40.2. The minimum atomic E-state index is -1.38. The molecular weight excluding hydrogens is 448 g/mol. The lowest BCUT2D eigenvalue weighted by atomic mass is 10.0. The van der Waals surface area contributed by atoms with Crippen molar-refractivity contribution in [2.45, 2.75) is 51.7 Å². The van der Waals surface area contributed by atoms with Crippen LogP contribution in [0.5, 0.6) is 5.75 Å². The molecule has 2 N–H and O–H groups in total. The molecule has 2 aromatic carbocycles. The summed E-state index contributed by atoms with van der Waals surface area (Å²) >= 11 is 0. The highest BCUT2D eigenvalue weighted by atomic mass is 16.5. The van der Waals surface area contributed by atoms with Crippen LogP contribution in [0.15, 0.2) is 51.8 Å². The summed E-state index contributed by atoms with van der Waals surface area (Å²) in [5, 5.41) is 16.0. The summed E-state index contributed by atoms with van der Waals surface area (Å²) in [5.41, 5.74) is 4.09. The fourth-order valence-electron chi connectivity index (χ4n) is 4.84. The van der Waals surface area contributed by atoms with E-state index in [0.717, 1.165) is 40.4 Å². The second-order valence-electron chi connectivity index (χ2n) is 9.04. The Morgan fingerprint density at radius 1 is 1.20 bits per heavy atom. The zero-order chi connectivity index (χ0) is 24.7. The number of para-hydroxylation sites is 1. The molecule has 1 amide bonds. The first-order valence-electron chi connectivity index (χ1n) is 11.6. The number of carboxylic acid groups (broad SMARTS) is 1. The van der Waals surface area contributed by atoms with Crippen molar-refractivity contribution in [1.29, 1.82) is 0 Å². The highest BCUT2D eigenvalue weighted by Gasteiger charge is 2.26. The number of rotatable bonds is 7. The van der Waals surface area contributed by atoms with Gasteiger partial charge in [-0.3, -0.25) is 4.79 Å². The average Bonchev–Trinajstić information content (AvgIpc) is 3.46. The van der Waals surface area contributed by atoms with Crippen LogP contribution in [0.2, 0.25) is 0 Å². The van der Waals surface area contributed by atoms with Crippen molar-refractivity contribution in [3.05, 3.63) is 75.3 Å². The molecule has 180 valence electrons. The predicted octanol–water partition coefficient (Wildman–Crippen LogP) is 2.32. The Bertz CT molecular complexity index is 1520. The van der Waals surface area contributed by atoms with Gasteiger partial charge in [-0.1, -0.05) is 18.2 Å². The number of hydrogen-bond acceptors (Lipinski definition) is 6. The first kappa shape index (κ1) is 22.7. The quantitative estimate of drug-likeness (QED) is 0.397. The Morgan fingerprint density at radius 2 is 1.97 bits per heavy atom. The van der Waals surface area contributed by atoms with Crippen molar-refractivity contribution in [3.8, 4) is 5.75 Å². The Labute approximate surface area is 200 Å². The number of H-pyrrole nitrogens is 1. The maximum absolute atomic E-state index is 13.0. The van der Waals surface area contributed by atoms with Crippen molar-refractivity contribution < 1.29 is 23.8 Å². The van der Waals surface area contributed by atoms with Crippen LogP contribution in [0.1, 0.15) is 35.6 Å². The molecule has 4 aromatic rings. The van der Waals surface area contributed by atoms with Gasteiger partial charge in [-0.15, -0.1) is 0 Å². The van der Waals surface area contributed by atoms with Crippen molar-refractivity contribution in [2.75, 3.05) is 0 Å². The van der Waals surface area contributed by atoms with E-state index in [1.54, 1.807) is 25.3 Å². The smallest absolute Gasteiger partial charge is 0.339 e. The van der Waals surface area contributed by atoms with E-state index in [9.17, 15) is 19.5 Å². The summed E-state index contributed by atoms with van der Waals surface area (Å²) in [5.74, 6) is -1.52. The molecule has 0 radical (unpaired) electrons. The number of carbonyl (C=O) groups is 2. The molecule has 0 bridgehead atoms. The monoisotopic (exact) mass is 473 g/mol. The lowest BCUT2D eigenvalue weighted by Crippen LogP contribution is -2.52. The maximum atomic E-state index is 13.0. The number of benzene rings is 2. The molecule has 0 saturated carbocycles. The third kappa shape index (κ3) is 4.27. The van der Waals surface area contributed by atoms with Gasteiger partial charge in [0.15, 0.2) is 6.10 Å². The van der Waals surface area contributed by atoms with E-state index in [2.05, 4.69) is 10.3 Å². The summed E-state index contributed by atoms with van der Waals surface area (Å²) in [6.45, 7) is 3.40. The molecule has 2 heterocycles. The Balaban J connectivity index is 1.38. The largest absolute Gasteiger partial charge is 0.548 e. The normalized spacial score (nSPS) is 14.6. The molecule has 8 nitrogen and oxygen atoms in total. The first-order valence-corrected chi connectivity index (χ1v) is 11.6. The Kier molecular flexibility index (Phi) is 5.80. The third-order valence-corrected chi connectivity index (χ3v) is 6.55. The highest BCUT2D eigenvalue weighted by molar-refractivity contribution is 5.91. The number of hydrogen-bond donors (Lipinski definition) is 2. The fourth-order valence-corrected chi connectivity index (χ4v) is 4.84. The van der Waals surface area contributed by atoms with Crippen molar-refractivity contribution in [3.63, 3.8) is 0 Å². The first-order chi connectivity index (χ1) is 16.8. The van der Waals surface area contributed by atoms with Crippen LogP contribution in [0, 0.1) is 6.92 Å². The second kappa shape index (κ2) is 8.94. The average molecular weight is 474 g/mol. The Hall–Kier alpha value is -4.07. The summed E-state index contributed by atoms with van der Waals surface area (Å²) < 4.78 is 11.6. The lowest BCUT2D eigenvalue weighted by molar-refractivity contribution is -0.308. The summed E-state index contributed by atoms with van der Waals surface area (Å²) in [6, 6.07) is 9.88. The van der Waals surface area contributed by atoms with Crippen LogP contribution in [-0.2, 0) is 28.9 Å². The fraction of sp³-hybridized carbons (Fsp3) is 0.296. The number of aryl methyl sites for hydroxylation is 2. The number of aromatic amines is 1. The number of carbonyl (C=O) groups excluding carboxylic acids is 2. The molecule has 35 heavy (non-hydrogen) atoms. The molecule has 1 aliphatic rings. The second-order valence-corrected chi connectivity index (χ2v) is 9.04. The van der Waals surface area contributed by atoms with Crippen LogP contribution in [0.3, 0.4) is 0 Å². The molecule has 1 aliphatic carbocycles. The topological polar surface area (TPSA) is 124 Å². The third-order valence-electron chi connectivity index (χ3n) is 6.55. The van der Waals surface area contributed by atoms with Crippen molar-refractivity contribution >= 4 is 33.7 Å². The minimum Gasteiger partial charge on any atom is -0.548 e. The van der Waals surface area contributed by atoms with Crippen LogP contribution >= 0.6 is 0 Å².